The van der Waals surface area contributed by atoms with E-state index in [1.54, 1.807) is 51.4 Å². The number of fused-ring (bicyclic) bond motifs is 3. The van der Waals surface area contributed by atoms with Crippen molar-refractivity contribution in [2.45, 2.75) is 45.8 Å². The van der Waals surface area contributed by atoms with Crippen LogP contribution in [0.1, 0.15) is 36.9 Å². The Morgan fingerprint density at radius 3 is 2.65 bits per heavy atom. The molecule has 0 radical (unpaired) electrons. The number of hydrogen-bond donors (Lipinski definition) is 0. The van der Waals surface area contributed by atoms with Crippen LogP contribution in [-0.4, -0.2) is 39.2 Å². The van der Waals surface area contributed by atoms with Crippen molar-refractivity contribution < 1.29 is 14.3 Å². The van der Waals surface area contributed by atoms with Gasteiger partial charge in [-0.2, -0.15) is 0 Å². The molecule has 0 fully saturated rings. The monoisotopic (exact) mass is 537 g/mol. The third kappa shape index (κ3) is 5.81. The molecule has 1 amide bonds. The van der Waals surface area contributed by atoms with Crippen LogP contribution in [0.5, 0.6) is 5.75 Å². The van der Waals surface area contributed by atoms with Gasteiger partial charge in [0.2, 0.25) is 0 Å². The second-order valence-electron chi connectivity index (χ2n) is 9.98. The predicted molar refractivity (Wildman–Crippen MR) is 146 cm³/mol. The van der Waals surface area contributed by atoms with Gasteiger partial charge in [0.15, 0.2) is 0 Å². The molecule has 1 aromatic carbocycles. The van der Waals surface area contributed by atoms with E-state index in [0.717, 1.165) is 28.9 Å². The Morgan fingerprint density at radius 2 is 1.92 bits per heavy atom. The van der Waals surface area contributed by atoms with E-state index in [1.807, 2.05) is 26.8 Å². The summed E-state index contributed by atoms with van der Waals surface area (Å²) < 4.78 is 14.0. The van der Waals surface area contributed by atoms with E-state index in [4.69, 9.17) is 21.1 Å². The fourth-order valence-electron chi connectivity index (χ4n) is 4.33. The number of benzene rings is 1. The van der Waals surface area contributed by atoms with Crippen LogP contribution in [0.4, 0.5) is 4.79 Å². The number of amides is 1. The van der Waals surface area contributed by atoms with E-state index in [2.05, 4.69) is 17.1 Å². The smallest absolute Gasteiger partial charge is 0.410 e. The van der Waals surface area contributed by atoms with Gasteiger partial charge in [-0.05, 0) is 74.9 Å². The molecule has 37 heavy (non-hydrogen) atoms. The Hall–Kier alpha value is -3.36. The SMILES string of the molecule is CC(C)(C)OC(=O)N1CCc2sc3cc(-n4ccc(OCc5ccc(Cl)cn5)cc4=O)ccc3c2CC1. The number of halogens is 1. The number of pyridine rings is 2. The van der Waals surface area contributed by atoms with Crippen molar-refractivity contribution in [3.05, 3.63) is 86.4 Å². The summed E-state index contributed by atoms with van der Waals surface area (Å²) in [5.41, 5.74) is 2.13. The molecule has 3 aromatic heterocycles. The molecular formula is C28H28ClN3O4S. The number of ether oxygens (including phenoxy) is 2. The van der Waals surface area contributed by atoms with E-state index >= 15 is 0 Å². The third-order valence-electron chi connectivity index (χ3n) is 6.10. The average molecular weight is 538 g/mol. The number of nitrogens with zero attached hydrogens (tertiary/aromatic N) is 3. The second kappa shape index (κ2) is 10.2. The van der Waals surface area contributed by atoms with Gasteiger partial charge >= 0.3 is 6.09 Å². The molecule has 192 valence electrons. The van der Waals surface area contributed by atoms with Gasteiger partial charge in [0, 0.05) is 41.1 Å². The van der Waals surface area contributed by atoms with Crippen LogP contribution in [0.3, 0.4) is 0 Å². The molecule has 0 saturated heterocycles. The summed E-state index contributed by atoms with van der Waals surface area (Å²) in [6.45, 7) is 7.16. The number of hydrogen-bond acceptors (Lipinski definition) is 6. The number of aromatic nitrogens is 2. The molecule has 0 spiro atoms. The summed E-state index contributed by atoms with van der Waals surface area (Å²) in [6, 6.07) is 12.9. The maximum atomic E-state index is 12.9. The Labute approximate surface area is 224 Å². The van der Waals surface area contributed by atoms with Gasteiger partial charge in [-0.3, -0.25) is 14.3 Å². The van der Waals surface area contributed by atoms with Crippen molar-refractivity contribution >= 4 is 39.1 Å². The molecule has 1 aliphatic heterocycles. The minimum absolute atomic E-state index is 0.174. The van der Waals surface area contributed by atoms with Crippen LogP contribution in [0.15, 0.2) is 59.7 Å². The van der Waals surface area contributed by atoms with Crippen molar-refractivity contribution in [1.29, 1.82) is 0 Å². The molecule has 7 nitrogen and oxygen atoms in total. The normalized spacial score (nSPS) is 13.8. The van der Waals surface area contributed by atoms with E-state index in [9.17, 15) is 9.59 Å². The number of carbonyl (C=O) groups excluding carboxylic acids is 1. The van der Waals surface area contributed by atoms with Crippen LogP contribution in [0.25, 0.3) is 15.8 Å². The van der Waals surface area contributed by atoms with Crippen LogP contribution in [0, 0.1) is 0 Å². The Morgan fingerprint density at radius 1 is 1.11 bits per heavy atom. The number of thiophene rings is 1. The maximum Gasteiger partial charge on any atom is 0.410 e. The lowest BCUT2D eigenvalue weighted by molar-refractivity contribution is 0.0259. The van der Waals surface area contributed by atoms with Crippen LogP contribution >= 0.6 is 22.9 Å². The summed E-state index contributed by atoms with van der Waals surface area (Å²) in [6.07, 6.45) is 4.60. The molecule has 4 aromatic rings. The zero-order valence-corrected chi connectivity index (χ0v) is 22.6. The van der Waals surface area contributed by atoms with Gasteiger partial charge in [0.25, 0.3) is 5.56 Å². The summed E-state index contributed by atoms with van der Waals surface area (Å²) in [5.74, 6) is 0.483. The van der Waals surface area contributed by atoms with Crippen molar-refractivity contribution in [2.75, 3.05) is 13.1 Å². The molecule has 9 heteroatoms. The third-order valence-corrected chi connectivity index (χ3v) is 7.58. The highest BCUT2D eigenvalue weighted by Gasteiger charge is 2.26. The van der Waals surface area contributed by atoms with Gasteiger partial charge < -0.3 is 14.4 Å². The summed E-state index contributed by atoms with van der Waals surface area (Å²) in [5, 5.41) is 1.74. The molecule has 0 saturated carbocycles. The lowest BCUT2D eigenvalue weighted by Crippen LogP contribution is -2.38. The highest BCUT2D eigenvalue weighted by atomic mass is 35.5. The van der Waals surface area contributed by atoms with E-state index < -0.39 is 5.60 Å². The minimum Gasteiger partial charge on any atom is -0.487 e. The minimum atomic E-state index is -0.506. The fourth-order valence-corrected chi connectivity index (χ4v) is 5.72. The molecule has 0 bridgehead atoms. The summed E-state index contributed by atoms with van der Waals surface area (Å²) >= 11 is 7.60. The Bertz CT molecular complexity index is 1500. The van der Waals surface area contributed by atoms with Gasteiger partial charge in [0.1, 0.15) is 18.0 Å². The van der Waals surface area contributed by atoms with Crippen LogP contribution < -0.4 is 10.3 Å². The molecule has 5 rings (SSSR count). The van der Waals surface area contributed by atoms with Crippen LogP contribution in [0.2, 0.25) is 5.02 Å². The van der Waals surface area contributed by atoms with E-state index in [1.165, 1.54) is 21.9 Å². The summed E-state index contributed by atoms with van der Waals surface area (Å²) in [7, 11) is 0. The van der Waals surface area contributed by atoms with Gasteiger partial charge in [-0.15, -0.1) is 11.3 Å². The van der Waals surface area contributed by atoms with E-state index in [-0.39, 0.29) is 18.3 Å². The molecule has 0 unspecified atom stereocenters. The molecule has 4 heterocycles. The van der Waals surface area contributed by atoms with Crippen molar-refractivity contribution in [3.8, 4) is 11.4 Å². The predicted octanol–water partition coefficient (Wildman–Crippen LogP) is 6.02. The Balaban J connectivity index is 1.31. The second-order valence-corrected chi connectivity index (χ2v) is 11.6. The first-order valence-corrected chi connectivity index (χ1v) is 13.3. The summed E-state index contributed by atoms with van der Waals surface area (Å²) in [4.78, 5) is 32.7. The highest BCUT2D eigenvalue weighted by Crippen LogP contribution is 2.35. The maximum absolute atomic E-state index is 12.9. The fraction of sp³-hybridized carbons (Fsp3) is 0.321. The van der Waals surface area contributed by atoms with Crippen molar-refractivity contribution in [1.82, 2.24) is 14.5 Å². The number of carbonyl (C=O) groups is 1. The first-order valence-electron chi connectivity index (χ1n) is 12.1. The van der Waals surface area contributed by atoms with Gasteiger partial charge in [-0.1, -0.05) is 17.7 Å². The van der Waals surface area contributed by atoms with Crippen molar-refractivity contribution in [3.63, 3.8) is 0 Å². The molecule has 0 aliphatic carbocycles. The molecule has 0 atom stereocenters. The molecular weight excluding hydrogens is 510 g/mol. The zero-order valence-electron chi connectivity index (χ0n) is 21.0. The first-order chi connectivity index (χ1) is 17.7. The zero-order chi connectivity index (χ0) is 26.2. The highest BCUT2D eigenvalue weighted by molar-refractivity contribution is 7.19. The van der Waals surface area contributed by atoms with E-state index in [0.29, 0.717) is 23.9 Å². The topological polar surface area (TPSA) is 73.7 Å². The number of rotatable bonds is 4. The standard InChI is InChI=1S/C28H28ClN3O4S/c1-28(2,3)36-27(34)31-11-9-23-22-7-6-20(14-25(22)37-24(23)10-12-31)32-13-8-21(15-26(32)33)35-17-19-5-4-18(29)16-30-19/h4-8,13-16H,9-12,17H2,1-3H3. The largest absolute Gasteiger partial charge is 0.487 e. The Kier molecular flexibility index (Phi) is 6.96. The molecule has 0 N–H and O–H groups in total. The lowest BCUT2D eigenvalue weighted by Gasteiger charge is -2.26. The molecule has 1 aliphatic rings. The van der Waals surface area contributed by atoms with Crippen LogP contribution in [-0.2, 0) is 24.2 Å². The van der Waals surface area contributed by atoms with Gasteiger partial charge in [-0.25, -0.2) is 4.79 Å². The van der Waals surface area contributed by atoms with Gasteiger partial charge in [0.05, 0.1) is 16.4 Å². The van der Waals surface area contributed by atoms with Crippen molar-refractivity contribution in [2.24, 2.45) is 0 Å². The first kappa shape index (κ1) is 25.3. The quantitative estimate of drug-likeness (QED) is 0.318. The average Bonchev–Trinajstić information content (AvgIpc) is 3.05. The lowest BCUT2D eigenvalue weighted by atomic mass is 10.1.